The fraction of sp³-hybridized carbons (Fsp3) is 0.286. The lowest BCUT2D eigenvalue weighted by molar-refractivity contribution is 0.182. The number of rotatable bonds is 1. The van der Waals surface area contributed by atoms with Gasteiger partial charge in [-0.1, -0.05) is 6.92 Å². The molecule has 2 aromatic rings. The van der Waals surface area contributed by atoms with E-state index in [2.05, 4.69) is 15.0 Å². The summed E-state index contributed by atoms with van der Waals surface area (Å²) in [6.07, 6.45) is 1.99. The molecule has 2 heterocycles. The maximum Gasteiger partial charge on any atom is 0.199 e. The predicted molar refractivity (Wildman–Crippen MR) is 44.3 cm³/mol. The summed E-state index contributed by atoms with van der Waals surface area (Å²) in [5.41, 5.74) is 0.895. The predicted octanol–water partition coefficient (Wildman–Crippen LogP) is 0.0386. The van der Waals surface area contributed by atoms with Crippen LogP contribution in [0.3, 0.4) is 0 Å². The Balaban J connectivity index is 2.94. The number of H-pyrrole nitrogens is 1. The molecule has 2 aromatic heterocycles. The third-order valence-corrected chi connectivity index (χ3v) is 1.86. The van der Waals surface area contributed by atoms with E-state index in [1.165, 1.54) is 6.33 Å². The Bertz CT molecular complexity index is 497. The molecule has 0 atom stereocenters. The Hall–Kier alpha value is -1.85. The van der Waals surface area contributed by atoms with Crippen LogP contribution in [-0.4, -0.2) is 24.9 Å². The molecule has 13 heavy (non-hydrogen) atoms. The van der Waals surface area contributed by atoms with Crippen LogP contribution < -0.4 is 5.49 Å². The number of nitrogens with zero attached hydrogens (tertiary/aromatic N) is 3. The SMILES string of the molecule is CCc1nc(=N)c2[nH]cnc2n1O. The average Bonchev–Trinajstić information content (AvgIpc) is 2.60. The van der Waals surface area contributed by atoms with Crippen LogP contribution in [0.5, 0.6) is 0 Å². The minimum absolute atomic E-state index is 0.106. The monoisotopic (exact) mass is 179 g/mol. The summed E-state index contributed by atoms with van der Waals surface area (Å²) in [4.78, 5) is 10.5. The largest absolute Gasteiger partial charge is 0.425 e. The molecule has 3 N–H and O–H groups in total. The van der Waals surface area contributed by atoms with E-state index in [1.807, 2.05) is 6.92 Å². The van der Waals surface area contributed by atoms with Gasteiger partial charge < -0.3 is 10.2 Å². The van der Waals surface area contributed by atoms with Crippen LogP contribution in [0.2, 0.25) is 0 Å². The highest BCUT2D eigenvalue weighted by molar-refractivity contribution is 5.68. The zero-order chi connectivity index (χ0) is 9.42. The van der Waals surface area contributed by atoms with Crippen molar-refractivity contribution < 1.29 is 5.21 Å². The maximum absolute atomic E-state index is 9.55. The van der Waals surface area contributed by atoms with Gasteiger partial charge in [0.05, 0.1) is 6.33 Å². The quantitative estimate of drug-likeness (QED) is 0.540. The molecule has 68 valence electrons. The van der Waals surface area contributed by atoms with E-state index in [0.717, 1.165) is 4.73 Å². The van der Waals surface area contributed by atoms with Crippen LogP contribution in [0.1, 0.15) is 12.7 Å². The number of hydrogen-bond acceptors (Lipinski definition) is 4. The molecule has 0 aliphatic rings. The van der Waals surface area contributed by atoms with Crippen LogP contribution >= 0.6 is 0 Å². The van der Waals surface area contributed by atoms with Gasteiger partial charge in [-0.25, -0.2) is 9.97 Å². The normalized spacial score (nSPS) is 10.8. The smallest absolute Gasteiger partial charge is 0.199 e. The van der Waals surface area contributed by atoms with E-state index in [9.17, 15) is 5.21 Å². The van der Waals surface area contributed by atoms with Crippen LogP contribution in [0.4, 0.5) is 0 Å². The second-order valence-electron chi connectivity index (χ2n) is 2.64. The number of hydrogen-bond donors (Lipinski definition) is 3. The summed E-state index contributed by atoms with van der Waals surface area (Å²) in [5.74, 6) is 0.435. The van der Waals surface area contributed by atoms with Crippen molar-refractivity contribution in [3.63, 3.8) is 0 Å². The average molecular weight is 179 g/mol. The second-order valence-corrected chi connectivity index (χ2v) is 2.64. The van der Waals surface area contributed by atoms with Crippen LogP contribution in [0, 0.1) is 5.41 Å². The van der Waals surface area contributed by atoms with Gasteiger partial charge in [-0.05, 0) is 0 Å². The van der Waals surface area contributed by atoms with Crippen molar-refractivity contribution in [2.24, 2.45) is 0 Å². The molecule has 0 aliphatic heterocycles. The molecule has 6 heteroatoms. The van der Waals surface area contributed by atoms with Crippen molar-refractivity contribution in [1.29, 1.82) is 5.41 Å². The van der Waals surface area contributed by atoms with Crippen LogP contribution in [0.25, 0.3) is 11.2 Å². The summed E-state index contributed by atoms with van der Waals surface area (Å²) in [5, 5.41) is 17.1. The van der Waals surface area contributed by atoms with Gasteiger partial charge in [0.1, 0.15) is 11.3 Å². The van der Waals surface area contributed by atoms with Gasteiger partial charge in [-0.2, -0.15) is 4.73 Å². The standard InChI is InChI=1S/C7H9N5O/c1-2-4-11-6(8)5-7(12(4)13)10-3-9-5/h3,8,13H,2H2,1H3,(H,9,10). The minimum Gasteiger partial charge on any atom is -0.425 e. The number of aromatic nitrogens is 4. The lowest BCUT2D eigenvalue weighted by Gasteiger charge is -2.03. The van der Waals surface area contributed by atoms with E-state index in [4.69, 9.17) is 5.41 Å². The van der Waals surface area contributed by atoms with Crippen molar-refractivity contribution >= 4 is 11.2 Å². The van der Waals surface area contributed by atoms with Crippen molar-refractivity contribution in [2.75, 3.05) is 0 Å². The summed E-state index contributed by atoms with van der Waals surface area (Å²) in [6, 6.07) is 0. The molecule has 0 saturated carbocycles. The van der Waals surface area contributed by atoms with E-state index in [1.54, 1.807) is 0 Å². The van der Waals surface area contributed by atoms with Crippen LogP contribution in [0.15, 0.2) is 6.33 Å². The first-order valence-electron chi connectivity index (χ1n) is 3.93. The minimum atomic E-state index is 0.106. The highest BCUT2D eigenvalue weighted by atomic mass is 16.5. The molecular formula is C7H9N5O. The van der Waals surface area contributed by atoms with E-state index < -0.39 is 0 Å². The van der Waals surface area contributed by atoms with Crippen molar-refractivity contribution in [1.82, 2.24) is 19.7 Å². The topological polar surface area (TPSA) is 90.6 Å². The van der Waals surface area contributed by atoms with E-state index in [-0.39, 0.29) is 5.49 Å². The third kappa shape index (κ3) is 0.986. The molecule has 6 nitrogen and oxygen atoms in total. The molecule has 0 saturated heterocycles. The third-order valence-electron chi connectivity index (χ3n) is 1.86. The van der Waals surface area contributed by atoms with Gasteiger partial charge >= 0.3 is 0 Å². The molecule has 0 bridgehead atoms. The summed E-state index contributed by atoms with van der Waals surface area (Å²) >= 11 is 0. The lowest BCUT2D eigenvalue weighted by Crippen LogP contribution is -2.17. The zero-order valence-electron chi connectivity index (χ0n) is 7.07. The zero-order valence-corrected chi connectivity index (χ0v) is 7.07. The highest BCUT2D eigenvalue weighted by Gasteiger charge is 2.07. The number of fused-ring (bicyclic) bond motifs is 1. The Morgan fingerprint density at radius 3 is 3.15 bits per heavy atom. The molecule has 0 aliphatic carbocycles. The Morgan fingerprint density at radius 1 is 1.69 bits per heavy atom. The number of aromatic amines is 1. The number of aryl methyl sites for hydroxylation is 1. The van der Waals surface area contributed by atoms with Gasteiger partial charge in [0.2, 0.25) is 0 Å². The first-order chi connectivity index (χ1) is 6.24. The van der Waals surface area contributed by atoms with Gasteiger partial charge in [-0.15, -0.1) is 0 Å². The molecule has 0 fully saturated rings. The Kier molecular flexibility index (Phi) is 1.54. The molecule has 0 aromatic carbocycles. The fourth-order valence-electron chi connectivity index (χ4n) is 1.21. The van der Waals surface area contributed by atoms with E-state index >= 15 is 0 Å². The molecular weight excluding hydrogens is 170 g/mol. The van der Waals surface area contributed by atoms with Crippen molar-refractivity contribution in [3.05, 3.63) is 17.6 Å². The fourth-order valence-corrected chi connectivity index (χ4v) is 1.21. The van der Waals surface area contributed by atoms with Gasteiger partial charge in [0, 0.05) is 6.42 Å². The van der Waals surface area contributed by atoms with Crippen LogP contribution in [-0.2, 0) is 6.42 Å². The Labute approximate surface area is 73.4 Å². The van der Waals surface area contributed by atoms with E-state index in [0.29, 0.717) is 23.4 Å². The van der Waals surface area contributed by atoms with Crippen molar-refractivity contribution in [2.45, 2.75) is 13.3 Å². The summed E-state index contributed by atoms with van der Waals surface area (Å²) in [7, 11) is 0. The van der Waals surface area contributed by atoms with Gasteiger partial charge in [0.25, 0.3) is 0 Å². The van der Waals surface area contributed by atoms with Crippen molar-refractivity contribution in [3.8, 4) is 0 Å². The first-order valence-corrected chi connectivity index (χ1v) is 3.93. The molecule has 0 unspecified atom stereocenters. The molecule has 0 amide bonds. The first kappa shape index (κ1) is 7.78. The highest BCUT2D eigenvalue weighted by Crippen LogP contribution is 2.03. The molecule has 0 radical (unpaired) electrons. The molecule has 0 spiro atoms. The molecule has 2 rings (SSSR count). The summed E-state index contributed by atoms with van der Waals surface area (Å²) in [6.45, 7) is 1.85. The van der Waals surface area contributed by atoms with Gasteiger partial charge in [0.15, 0.2) is 11.1 Å². The number of nitrogens with one attached hydrogen (secondary N) is 2. The lowest BCUT2D eigenvalue weighted by atomic mass is 10.4. The Morgan fingerprint density at radius 2 is 2.46 bits per heavy atom. The van der Waals surface area contributed by atoms with Gasteiger partial charge in [-0.3, -0.25) is 5.41 Å². The second kappa shape index (κ2) is 2.58. The maximum atomic E-state index is 9.55. The number of imidazole rings is 1. The summed E-state index contributed by atoms with van der Waals surface area (Å²) < 4.78 is 0.907.